The summed E-state index contributed by atoms with van der Waals surface area (Å²) in [5.74, 6) is 0. The van der Waals surface area contributed by atoms with E-state index in [9.17, 15) is 19.9 Å². The number of aliphatic hydroxyl groups is 1. The van der Waals surface area contributed by atoms with Gasteiger partial charge in [0, 0.05) is 173 Å². The molecule has 0 spiro atoms. The number of carbonyl (C=O) groups excluding carboxylic acids is 1. The summed E-state index contributed by atoms with van der Waals surface area (Å²) in [5, 5.41) is 34.0. The van der Waals surface area contributed by atoms with Gasteiger partial charge in [-0.3, -0.25) is 44.3 Å². The number of hydrogen-bond donors (Lipinski definition) is 3. The maximum absolute atomic E-state index is 11.4. The Morgan fingerprint density at radius 3 is 1.16 bits per heavy atom. The Labute approximate surface area is 742 Å². The summed E-state index contributed by atoms with van der Waals surface area (Å²) in [6.07, 6.45) is 24.6. The second-order valence-electron chi connectivity index (χ2n) is 29.9. The summed E-state index contributed by atoms with van der Waals surface area (Å²) in [6.45, 7) is 18.8. The molecule has 4 fully saturated rings. The van der Waals surface area contributed by atoms with Gasteiger partial charge in [0.1, 0.15) is 11.8 Å². The molecule has 0 bridgehead atoms. The molecule has 22 nitrogen and oxygen atoms in total. The zero-order valence-electron chi connectivity index (χ0n) is 65.9. The SMILES string of the molecule is C.C.CB(O)N1CCN(C2c3ccc(Cl)cc3C(Br)=Cc3cccnc32)CC1.CB(O)N1CCN(C2c3ccc(Cl)cc3C(Br)=Cc3cccnc32)CC1.CN1CCN(C2c3ccc(Cl)cc3C(C(O)c3cncn3C)=Cc3cccnc32)CC1.CN1CCN(C2c3ccc(Cl)cc3C=Cc3cccnc32)CC1.Cn1cncc1C=O.[O]=[Mn]=[O]. The van der Waals surface area contributed by atoms with Crippen LogP contribution in [0.25, 0.3) is 44.9 Å². The van der Waals surface area contributed by atoms with Crippen molar-refractivity contribution in [3.63, 3.8) is 0 Å². The summed E-state index contributed by atoms with van der Waals surface area (Å²) >= 11 is 31.3. The van der Waals surface area contributed by atoms with Gasteiger partial charge in [0.15, 0.2) is 6.29 Å². The molecule has 0 saturated carbocycles. The standard InChI is InChI=1S/C24H26ClN5O.2C19H20BBrClN3O.C19H20ClN3.C5H6N2O.2CH4.Mn.2O/c1-28-8-10-30(11-9-28)23-18-6-5-17(25)13-19(18)20(12-16-4-3-7-27-22(16)23)24(31)21-14-26-15-29(21)2;2*1-20(26)25-9-7-24(8-10-25)19-15-5-4-14(22)12-16(15)17(21)11-13-3-2-6-23-18(13)19;1-22-9-11-23(12-10-22)19-17-7-6-16(20)13-15(17)5-4-14-3-2-8-21-18(14)19;1-7-4-6-2-5(7)3-8;;;;;/h3-7,12-15,23-24,31H,8-11H2,1-2H3;2*2-6,11-12,19,26H,7-10H2,1H3;2-8,13,19H,9-12H2,1H3;2-4H,1H3;2*1H4;;;. The molecule has 5 atom stereocenters. The third-order valence-corrected chi connectivity index (χ3v) is 24.9. The number of aryl methyl sites for hydroxylation is 2. The molecule has 5 unspecified atom stereocenters. The van der Waals surface area contributed by atoms with Crippen LogP contribution in [0.15, 0.2) is 171 Å². The quantitative estimate of drug-likeness (QED) is 0.0902. The topological polar surface area (TPSA) is 225 Å². The van der Waals surface area contributed by atoms with Gasteiger partial charge < -0.3 is 43.7 Å². The van der Waals surface area contributed by atoms with Crippen molar-refractivity contribution in [1.82, 2.24) is 78.1 Å². The van der Waals surface area contributed by atoms with Gasteiger partial charge in [0.2, 0.25) is 0 Å². The first-order valence-electron chi connectivity index (χ1n) is 38.8. The number of halogens is 6. The molecule has 4 aromatic carbocycles. The molecule has 10 aromatic rings. The number of aromatic nitrogens is 8. The number of aldehydes is 1. The Balaban J connectivity index is 0.000000149. The number of fused-ring (bicyclic) bond motifs is 8. The van der Waals surface area contributed by atoms with Crippen LogP contribution in [0.4, 0.5) is 0 Å². The van der Waals surface area contributed by atoms with E-state index in [-0.39, 0.29) is 39.0 Å². The number of carbonyl (C=O) groups is 1. The molecule has 0 amide bonds. The van der Waals surface area contributed by atoms with E-state index in [2.05, 4.69) is 180 Å². The van der Waals surface area contributed by atoms with E-state index in [1.807, 2.05) is 117 Å². The Kier molecular flexibility index (Phi) is 33.3. The van der Waals surface area contributed by atoms with Crippen LogP contribution in [0.5, 0.6) is 0 Å². The summed E-state index contributed by atoms with van der Waals surface area (Å²) in [6, 6.07) is 41.1. The minimum atomic E-state index is -1.44. The monoisotopic (exact) mass is 1850 g/mol. The Morgan fingerprint density at radius 1 is 0.445 bits per heavy atom. The molecule has 623 valence electrons. The molecule has 6 aromatic heterocycles. The van der Waals surface area contributed by atoms with Crippen LogP contribution in [-0.2, 0) is 36.6 Å². The molecular weight excluding hydrogens is 1760 g/mol. The molecule has 4 saturated heterocycles. The van der Waals surface area contributed by atoms with Gasteiger partial charge in [-0.2, -0.15) is 0 Å². The average molecular weight is 1860 g/mol. The number of aliphatic hydroxyl groups excluding tert-OH is 1. The first kappa shape index (κ1) is 92.2. The van der Waals surface area contributed by atoms with E-state index >= 15 is 0 Å². The third-order valence-electron chi connectivity index (χ3n) is 22.6. The van der Waals surface area contributed by atoms with Gasteiger partial charge in [-0.05, 0) is 191 Å². The van der Waals surface area contributed by atoms with Gasteiger partial charge in [-0.1, -0.05) is 154 Å². The average Bonchev–Trinajstić information content (AvgIpc) is 1.66. The van der Waals surface area contributed by atoms with Crippen LogP contribution in [0, 0.1) is 0 Å². The normalized spacial score (nSPS) is 19.3. The third kappa shape index (κ3) is 21.9. The van der Waals surface area contributed by atoms with Crippen LogP contribution < -0.4 is 0 Å². The first-order valence-corrected chi connectivity index (χ1v) is 42.9. The van der Waals surface area contributed by atoms with E-state index in [0.717, 1.165) is 208 Å². The van der Waals surface area contributed by atoms with E-state index in [1.165, 1.54) is 34.0 Å². The number of nitrogens with zero attached hydrogens (tertiary/aromatic N) is 16. The zero-order valence-corrected chi connectivity index (χ0v) is 73.2. The fraction of sp³-hybridized carbons (Fsp3) is 0.330. The van der Waals surface area contributed by atoms with Crippen molar-refractivity contribution >= 4 is 144 Å². The van der Waals surface area contributed by atoms with Crippen molar-refractivity contribution in [2.45, 2.75) is 58.8 Å². The van der Waals surface area contributed by atoms with Gasteiger partial charge >= 0.3 is 36.6 Å². The Hall–Kier alpha value is -7.54. The summed E-state index contributed by atoms with van der Waals surface area (Å²) in [5.41, 5.74) is 20.1. The molecule has 4 aliphatic heterocycles. The van der Waals surface area contributed by atoms with E-state index in [0.29, 0.717) is 10.7 Å². The second-order valence-corrected chi connectivity index (χ2v) is 33.6. The molecule has 0 radical (unpaired) electrons. The summed E-state index contributed by atoms with van der Waals surface area (Å²) in [4.78, 5) is 55.9. The molecule has 119 heavy (non-hydrogen) atoms. The minimum absolute atomic E-state index is 0. The van der Waals surface area contributed by atoms with Crippen LogP contribution >= 0.6 is 78.3 Å². The molecule has 10 heterocycles. The number of likely N-dealkylation sites (N-methyl/N-ethyl adjacent to an activating group) is 2. The van der Waals surface area contributed by atoms with Crippen LogP contribution in [0.1, 0.15) is 151 Å². The van der Waals surface area contributed by atoms with Crippen molar-refractivity contribution in [3.05, 3.63) is 292 Å². The molecule has 18 rings (SSSR count). The van der Waals surface area contributed by atoms with Gasteiger partial charge in [0.25, 0.3) is 0 Å². The number of rotatable bonds is 9. The first-order chi connectivity index (χ1) is 56.6. The number of hydrogen-bond acceptors (Lipinski definition) is 20. The summed E-state index contributed by atoms with van der Waals surface area (Å²) < 4.78 is 22.4. The second kappa shape index (κ2) is 43.0. The van der Waals surface area contributed by atoms with Crippen molar-refractivity contribution in [2.24, 2.45) is 14.1 Å². The van der Waals surface area contributed by atoms with Crippen molar-refractivity contribution < 1.29 is 42.4 Å². The number of benzene rings is 4. The molecule has 4 aliphatic carbocycles. The zero-order chi connectivity index (χ0) is 82.6. The van der Waals surface area contributed by atoms with Gasteiger partial charge in [-0.15, -0.1) is 0 Å². The van der Waals surface area contributed by atoms with Gasteiger partial charge in [0.05, 0.1) is 77.7 Å². The van der Waals surface area contributed by atoms with Crippen LogP contribution in [-0.4, -0.2) is 232 Å². The van der Waals surface area contributed by atoms with E-state index < -0.39 is 35.0 Å². The molecule has 31 heteroatoms. The van der Waals surface area contributed by atoms with Crippen molar-refractivity contribution in [3.8, 4) is 0 Å². The van der Waals surface area contributed by atoms with Gasteiger partial charge in [-0.25, -0.2) is 9.97 Å². The molecular formula is C88H100B2Br2Cl4MnN16O6. The summed E-state index contributed by atoms with van der Waals surface area (Å²) in [7, 11) is 7.21. The predicted octanol–water partition coefficient (Wildman–Crippen LogP) is 15.7. The van der Waals surface area contributed by atoms with Crippen LogP contribution in [0.2, 0.25) is 33.7 Å². The number of imidazole rings is 2. The van der Waals surface area contributed by atoms with E-state index in [1.54, 1.807) is 30.5 Å². The Bertz CT molecular complexity index is 5180. The molecule has 8 aliphatic rings. The van der Waals surface area contributed by atoms with Crippen molar-refractivity contribution in [1.29, 1.82) is 0 Å². The molecule has 3 N–H and O–H groups in total. The van der Waals surface area contributed by atoms with E-state index in [4.69, 9.17) is 74.0 Å². The van der Waals surface area contributed by atoms with Crippen molar-refractivity contribution in [2.75, 3.05) is 119 Å². The Morgan fingerprint density at radius 2 is 0.782 bits per heavy atom. The maximum atomic E-state index is 11.4. The number of piperazine rings is 4. The predicted molar refractivity (Wildman–Crippen MR) is 484 cm³/mol. The fourth-order valence-electron chi connectivity index (χ4n) is 16.4. The fourth-order valence-corrected chi connectivity index (χ4v) is 18.2. The number of pyridine rings is 4. The van der Waals surface area contributed by atoms with Crippen LogP contribution in [0.3, 0.4) is 0 Å².